The molecule has 1 heterocycles. The SMILES string of the molecule is CC[C@H](C)[C@H](NC(=O)CSc1nc2ccccc2c(=O)n1C(C)C)C(=O)OC. The van der Waals surface area contributed by atoms with E-state index in [4.69, 9.17) is 4.74 Å². The number of nitrogens with one attached hydrogen (secondary N) is 1. The molecule has 0 spiro atoms. The molecule has 28 heavy (non-hydrogen) atoms. The molecule has 0 bridgehead atoms. The summed E-state index contributed by atoms with van der Waals surface area (Å²) < 4.78 is 6.39. The fraction of sp³-hybridized carbons (Fsp3) is 0.500. The van der Waals surface area contributed by atoms with Gasteiger partial charge in [-0.05, 0) is 31.9 Å². The lowest BCUT2D eigenvalue weighted by Crippen LogP contribution is -2.46. The molecule has 2 aromatic rings. The number of fused-ring (bicyclic) bond motifs is 1. The first-order chi connectivity index (χ1) is 13.3. The molecule has 0 saturated heterocycles. The van der Waals surface area contributed by atoms with Gasteiger partial charge in [0, 0.05) is 6.04 Å². The van der Waals surface area contributed by atoms with E-state index in [-0.39, 0.29) is 29.2 Å². The molecule has 0 fully saturated rings. The molecule has 8 heteroatoms. The Balaban J connectivity index is 2.22. The number of hydrogen-bond donors (Lipinski definition) is 1. The van der Waals surface area contributed by atoms with Crippen LogP contribution in [0.4, 0.5) is 0 Å². The Hall–Kier alpha value is -2.35. The zero-order chi connectivity index (χ0) is 20.8. The molecule has 7 nitrogen and oxygen atoms in total. The van der Waals surface area contributed by atoms with Crippen LogP contribution in [0.2, 0.25) is 0 Å². The van der Waals surface area contributed by atoms with E-state index in [1.165, 1.54) is 18.9 Å². The maximum Gasteiger partial charge on any atom is 0.328 e. The van der Waals surface area contributed by atoms with Crippen molar-refractivity contribution in [3.63, 3.8) is 0 Å². The Bertz CT molecular complexity index is 910. The van der Waals surface area contributed by atoms with Crippen molar-refractivity contribution in [3.05, 3.63) is 34.6 Å². The molecular formula is C20H27N3O4S. The minimum absolute atomic E-state index is 0.0431. The number of rotatable bonds is 8. The second-order valence-corrected chi connectivity index (χ2v) is 7.87. The molecule has 0 unspecified atom stereocenters. The van der Waals surface area contributed by atoms with Gasteiger partial charge in [0.2, 0.25) is 5.91 Å². The third-order valence-electron chi connectivity index (χ3n) is 4.61. The Morgan fingerprint density at radius 1 is 1.25 bits per heavy atom. The number of benzene rings is 1. The average molecular weight is 406 g/mol. The molecule has 1 aromatic carbocycles. The van der Waals surface area contributed by atoms with Crippen molar-refractivity contribution in [1.29, 1.82) is 0 Å². The maximum absolute atomic E-state index is 12.8. The molecular weight excluding hydrogens is 378 g/mol. The van der Waals surface area contributed by atoms with Crippen LogP contribution in [0.25, 0.3) is 10.9 Å². The van der Waals surface area contributed by atoms with Crippen LogP contribution < -0.4 is 10.9 Å². The summed E-state index contributed by atoms with van der Waals surface area (Å²) in [5.74, 6) is -0.774. The molecule has 0 aliphatic rings. The van der Waals surface area contributed by atoms with Crippen molar-refractivity contribution in [2.24, 2.45) is 5.92 Å². The van der Waals surface area contributed by atoms with Crippen LogP contribution in [-0.2, 0) is 14.3 Å². The van der Waals surface area contributed by atoms with Crippen LogP contribution in [0.1, 0.15) is 40.2 Å². The molecule has 2 rings (SSSR count). The van der Waals surface area contributed by atoms with Gasteiger partial charge in [-0.1, -0.05) is 44.2 Å². The minimum atomic E-state index is -0.694. The van der Waals surface area contributed by atoms with Crippen LogP contribution in [0, 0.1) is 5.92 Å². The van der Waals surface area contributed by atoms with Gasteiger partial charge in [-0.2, -0.15) is 0 Å². The van der Waals surface area contributed by atoms with Crippen molar-refractivity contribution in [2.75, 3.05) is 12.9 Å². The minimum Gasteiger partial charge on any atom is -0.467 e. The van der Waals surface area contributed by atoms with E-state index < -0.39 is 12.0 Å². The number of thioether (sulfide) groups is 1. The number of nitrogens with zero attached hydrogens (tertiary/aromatic N) is 2. The molecule has 0 radical (unpaired) electrons. The molecule has 1 amide bonds. The monoisotopic (exact) mass is 405 g/mol. The highest BCUT2D eigenvalue weighted by molar-refractivity contribution is 7.99. The van der Waals surface area contributed by atoms with Gasteiger partial charge < -0.3 is 10.1 Å². The zero-order valence-corrected chi connectivity index (χ0v) is 17.7. The Labute approximate surface area is 168 Å². The van der Waals surface area contributed by atoms with Crippen LogP contribution in [-0.4, -0.2) is 40.3 Å². The summed E-state index contributed by atoms with van der Waals surface area (Å²) in [6, 6.07) is 6.36. The lowest BCUT2D eigenvalue weighted by Gasteiger charge is -2.22. The second-order valence-electron chi connectivity index (χ2n) is 6.92. The quantitative estimate of drug-likeness (QED) is 0.413. The van der Waals surface area contributed by atoms with Gasteiger partial charge in [0.25, 0.3) is 5.56 Å². The predicted molar refractivity (Wildman–Crippen MR) is 111 cm³/mol. The number of carbonyl (C=O) groups excluding carboxylic acids is 2. The normalized spacial score (nSPS) is 13.4. The lowest BCUT2D eigenvalue weighted by atomic mass is 9.99. The van der Waals surface area contributed by atoms with E-state index in [9.17, 15) is 14.4 Å². The van der Waals surface area contributed by atoms with Crippen molar-refractivity contribution in [1.82, 2.24) is 14.9 Å². The molecule has 2 atom stereocenters. The number of methoxy groups -OCH3 is 1. The van der Waals surface area contributed by atoms with Gasteiger partial charge in [0.05, 0.1) is 23.8 Å². The van der Waals surface area contributed by atoms with Crippen molar-refractivity contribution < 1.29 is 14.3 Å². The van der Waals surface area contributed by atoms with Crippen LogP contribution >= 0.6 is 11.8 Å². The first-order valence-electron chi connectivity index (χ1n) is 9.31. The summed E-state index contributed by atoms with van der Waals surface area (Å²) >= 11 is 1.18. The highest BCUT2D eigenvalue weighted by atomic mass is 32.2. The van der Waals surface area contributed by atoms with Crippen molar-refractivity contribution in [3.8, 4) is 0 Å². The number of aromatic nitrogens is 2. The largest absolute Gasteiger partial charge is 0.467 e. The van der Waals surface area contributed by atoms with E-state index in [0.29, 0.717) is 16.1 Å². The summed E-state index contributed by atoms with van der Waals surface area (Å²) in [5, 5.41) is 3.77. The number of carbonyl (C=O) groups is 2. The van der Waals surface area contributed by atoms with E-state index in [2.05, 4.69) is 10.3 Å². The first-order valence-corrected chi connectivity index (χ1v) is 10.3. The predicted octanol–water partition coefficient (Wildman–Crippen LogP) is 2.77. The molecule has 0 aliphatic heterocycles. The maximum atomic E-state index is 12.8. The molecule has 1 N–H and O–H groups in total. The highest BCUT2D eigenvalue weighted by Gasteiger charge is 2.27. The van der Waals surface area contributed by atoms with E-state index in [0.717, 1.165) is 6.42 Å². The Morgan fingerprint density at radius 3 is 2.54 bits per heavy atom. The van der Waals surface area contributed by atoms with Gasteiger partial charge in [-0.3, -0.25) is 14.2 Å². The van der Waals surface area contributed by atoms with E-state index >= 15 is 0 Å². The van der Waals surface area contributed by atoms with Crippen LogP contribution in [0.3, 0.4) is 0 Å². The van der Waals surface area contributed by atoms with E-state index in [1.54, 1.807) is 22.8 Å². The fourth-order valence-electron chi connectivity index (χ4n) is 2.82. The van der Waals surface area contributed by atoms with E-state index in [1.807, 2.05) is 33.8 Å². The smallest absolute Gasteiger partial charge is 0.328 e. The topological polar surface area (TPSA) is 90.3 Å². The summed E-state index contributed by atoms with van der Waals surface area (Å²) in [6.45, 7) is 7.63. The van der Waals surface area contributed by atoms with Crippen LogP contribution in [0.5, 0.6) is 0 Å². The Morgan fingerprint density at radius 2 is 1.93 bits per heavy atom. The van der Waals surface area contributed by atoms with Crippen molar-refractivity contribution >= 4 is 34.5 Å². The highest BCUT2D eigenvalue weighted by Crippen LogP contribution is 2.21. The number of hydrogen-bond acceptors (Lipinski definition) is 6. The van der Waals surface area contributed by atoms with Gasteiger partial charge >= 0.3 is 5.97 Å². The first kappa shape index (κ1) is 21.9. The lowest BCUT2D eigenvalue weighted by molar-refractivity contribution is -0.146. The number of ether oxygens (including phenoxy) is 1. The third kappa shape index (κ3) is 4.92. The van der Waals surface area contributed by atoms with Crippen molar-refractivity contribution in [2.45, 2.75) is 51.4 Å². The summed E-state index contributed by atoms with van der Waals surface area (Å²) in [4.78, 5) is 41.8. The zero-order valence-electron chi connectivity index (χ0n) is 16.9. The number of amides is 1. The summed E-state index contributed by atoms with van der Waals surface area (Å²) in [6.07, 6.45) is 0.728. The summed E-state index contributed by atoms with van der Waals surface area (Å²) in [7, 11) is 1.30. The van der Waals surface area contributed by atoms with Crippen LogP contribution in [0.15, 0.2) is 34.2 Å². The van der Waals surface area contributed by atoms with Gasteiger partial charge in [-0.25, -0.2) is 9.78 Å². The Kier molecular flexibility index (Phi) is 7.62. The molecule has 152 valence electrons. The molecule has 0 aliphatic carbocycles. The van der Waals surface area contributed by atoms with Gasteiger partial charge in [0.15, 0.2) is 5.16 Å². The molecule has 0 saturated carbocycles. The fourth-order valence-corrected chi connectivity index (χ4v) is 3.76. The number of esters is 1. The molecule has 1 aromatic heterocycles. The summed E-state index contributed by atoms with van der Waals surface area (Å²) in [5.41, 5.74) is 0.468. The van der Waals surface area contributed by atoms with Gasteiger partial charge in [-0.15, -0.1) is 0 Å². The standard InChI is InChI=1S/C20H27N3O4S/c1-6-13(4)17(19(26)27-5)22-16(24)11-28-20-21-15-10-8-7-9-14(15)18(25)23(20)12(2)3/h7-10,12-13,17H,6,11H2,1-5H3,(H,22,24)/t13-,17-/m0/s1. The number of para-hydroxylation sites is 1. The van der Waals surface area contributed by atoms with Gasteiger partial charge in [0.1, 0.15) is 6.04 Å². The average Bonchev–Trinajstić information content (AvgIpc) is 2.69. The second kappa shape index (κ2) is 9.73. The third-order valence-corrected chi connectivity index (χ3v) is 5.56.